The summed E-state index contributed by atoms with van der Waals surface area (Å²) in [5.74, 6) is -0.0683. The van der Waals surface area contributed by atoms with E-state index in [0.717, 1.165) is 11.1 Å². The van der Waals surface area contributed by atoms with Crippen molar-refractivity contribution in [2.75, 3.05) is 6.54 Å². The van der Waals surface area contributed by atoms with E-state index in [1.165, 1.54) is 0 Å². The van der Waals surface area contributed by atoms with E-state index >= 15 is 0 Å². The van der Waals surface area contributed by atoms with Gasteiger partial charge < -0.3 is 5.73 Å². The van der Waals surface area contributed by atoms with Crippen LogP contribution in [-0.4, -0.2) is 12.7 Å². The molecule has 2 unspecified atom stereocenters. The second kappa shape index (κ2) is 2.87. The van der Waals surface area contributed by atoms with E-state index in [1.54, 1.807) is 0 Å². The van der Waals surface area contributed by atoms with Crippen LogP contribution in [0.1, 0.15) is 17.0 Å². The van der Waals surface area contributed by atoms with Gasteiger partial charge in [0.2, 0.25) is 0 Å². The summed E-state index contributed by atoms with van der Waals surface area (Å²) in [6, 6.07) is 7.86. The Kier molecular flexibility index (Phi) is 1.85. The molecular weight excluding hydrogens is 153 g/mol. The molecule has 1 nitrogen and oxygen atoms in total. The van der Waals surface area contributed by atoms with Gasteiger partial charge in [0.15, 0.2) is 0 Å². The molecule has 1 aromatic carbocycles. The number of nitrogens with two attached hydrogens (primary N) is 1. The maximum atomic E-state index is 13.3. The number of rotatable bonds is 1. The molecule has 1 aromatic rings. The Hall–Kier alpha value is -0.890. The van der Waals surface area contributed by atoms with Crippen LogP contribution in [0.2, 0.25) is 0 Å². The molecule has 2 rings (SSSR count). The van der Waals surface area contributed by atoms with Crippen LogP contribution >= 0.6 is 0 Å². The minimum atomic E-state index is -0.771. The average Bonchev–Trinajstić information content (AvgIpc) is 2.40. The quantitative estimate of drug-likeness (QED) is 0.672. The van der Waals surface area contributed by atoms with Gasteiger partial charge in [-0.2, -0.15) is 0 Å². The molecule has 0 amide bonds. The largest absolute Gasteiger partial charge is 0.330 e. The highest BCUT2D eigenvalue weighted by Crippen LogP contribution is 2.34. The highest BCUT2D eigenvalue weighted by atomic mass is 19.1. The van der Waals surface area contributed by atoms with Crippen LogP contribution in [0.4, 0.5) is 4.39 Å². The third kappa shape index (κ3) is 1.03. The van der Waals surface area contributed by atoms with Gasteiger partial charge in [0.05, 0.1) is 0 Å². The van der Waals surface area contributed by atoms with Crippen LogP contribution in [0, 0.1) is 0 Å². The zero-order valence-corrected chi connectivity index (χ0v) is 6.83. The van der Waals surface area contributed by atoms with E-state index in [1.807, 2.05) is 24.3 Å². The number of benzene rings is 1. The lowest BCUT2D eigenvalue weighted by Crippen LogP contribution is -2.18. The van der Waals surface area contributed by atoms with E-state index in [9.17, 15) is 4.39 Å². The lowest BCUT2D eigenvalue weighted by Gasteiger charge is -2.09. The molecule has 2 heteroatoms. The summed E-state index contributed by atoms with van der Waals surface area (Å²) >= 11 is 0. The molecule has 0 heterocycles. The first kappa shape index (κ1) is 7.74. The van der Waals surface area contributed by atoms with Gasteiger partial charge in [0.25, 0.3) is 0 Å². The summed E-state index contributed by atoms with van der Waals surface area (Å²) in [5, 5.41) is 0. The fourth-order valence-corrected chi connectivity index (χ4v) is 1.90. The Morgan fingerprint density at radius 2 is 2.17 bits per heavy atom. The molecule has 0 aromatic heterocycles. The van der Waals surface area contributed by atoms with Crippen LogP contribution in [0.25, 0.3) is 0 Å². The van der Waals surface area contributed by atoms with Crippen molar-refractivity contribution in [1.82, 2.24) is 0 Å². The molecule has 0 radical (unpaired) electrons. The van der Waals surface area contributed by atoms with Crippen LogP contribution in [0.15, 0.2) is 24.3 Å². The summed E-state index contributed by atoms with van der Waals surface area (Å²) in [4.78, 5) is 0. The molecule has 1 aliphatic carbocycles. The Morgan fingerprint density at radius 1 is 1.42 bits per heavy atom. The molecule has 0 aliphatic heterocycles. The second-order valence-electron chi connectivity index (χ2n) is 3.26. The van der Waals surface area contributed by atoms with Crippen molar-refractivity contribution in [2.24, 2.45) is 5.73 Å². The average molecular weight is 165 g/mol. The standard InChI is InChI=1S/C10H12FN/c11-10-5-7-3-1-2-4-8(7)9(10)6-12/h1-4,9-10H,5-6,12H2. The van der Waals surface area contributed by atoms with Crippen molar-refractivity contribution in [2.45, 2.75) is 18.5 Å². The second-order valence-corrected chi connectivity index (χ2v) is 3.26. The van der Waals surface area contributed by atoms with Crippen LogP contribution < -0.4 is 5.73 Å². The molecule has 0 saturated carbocycles. The van der Waals surface area contributed by atoms with E-state index < -0.39 is 6.17 Å². The number of alkyl halides is 1. The maximum absolute atomic E-state index is 13.3. The maximum Gasteiger partial charge on any atom is 0.112 e. The summed E-state index contributed by atoms with van der Waals surface area (Å²) in [7, 11) is 0. The van der Waals surface area contributed by atoms with E-state index in [0.29, 0.717) is 13.0 Å². The third-order valence-electron chi connectivity index (χ3n) is 2.56. The molecule has 0 saturated heterocycles. The fourth-order valence-electron chi connectivity index (χ4n) is 1.90. The smallest absolute Gasteiger partial charge is 0.112 e. The van der Waals surface area contributed by atoms with Crippen molar-refractivity contribution in [3.63, 3.8) is 0 Å². The predicted octanol–water partition coefficient (Wildman–Crippen LogP) is 1.62. The first-order valence-electron chi connectivity index (χ1n) is 4.25. The highest BCUT2D eigenvalue weighted by molar-refractivity contribution is 5.37. The number of hydrogen-bond acceptors (Lipinski definition) is 1. The molecule has 2 N–H and O–H groups in total. The minimum absolute atomic E-state index is 0.0683. The van der Waals surface area contributed by atoms with Crippen LogP contribution in [0.5, 0.6) is 0 Å². The molecule has 2 atom stereocenters. The molecule has 12 heavy (non-hydrogen) atoms. The molecule has 0 fully saturated rings. The Morgan fingerprint density at radius 3 is 2.92 bits per heavy atom. The van der Waals surface area contributed by atoms with Gasteiger partial charge in [0.1, 0.15) is 6.17 Å². The zero-order valence-electron chi connectivity index (χ0n) is 6.83. The lowest BCUT2D eigenvalue weighted by atomic mass is 10.0. The minimum Gasteiger partial charge on any atom is -0.330 e. The number of fused-ring (bicyclic) bond motifs is 1. The first-order valence-corrected chi connectivity index (χ1v) is 4.25. The fraction of sp³-hybridized carbons (Fsp3) is 0.400. The summed E-state index contributed by atoms with van der Waals surface area (Å²) in [5.41, 5.74) is 7.73. The van der Waals surface area contributed by atoms with Crippen LogP contribution in [-0.2, 0) is 6.42 Å². The van der Waals surface area contributed by atoms with Gasteiger partial charge in [-0.05, 0) is 11.1 Å². The van der Waals surface area contributed by atoms with Gasteiger partial charge in [-0.15, -0.1) is 0 Å². The monoisotopic (exact) mass is 165 g/mol. The predicted molar refractivity (Wildman–Crippen MR) is 46.8 cm³/mol. The Balaban J connectivity index is 2.40. The van der Waals surface area contributed by atoms with Gasteiger partial charge >= 0.3 is 0 Å². The van der Waals surface area contributed by atoms with Crippen molar-refractivity contribution >= 4 is 0 Å². The molecular formula is C10H12FN. The summed E-state index contributed by atoms with van der Waals surface area (Å²) < 4.78 is 13.3. The molecule has 0 bridgehead atoms. The van der Waals surface area contributed by atoms with E-state index in [-0.39, 0.29) is 5.92 Å². The van der Waals surface area contributed by atoms with Gasteiger partial charge in [0, 0.05) is 18.9 Å². The number of hydrogen-bond donors (Lipinski definition) is 1. The normalized spacial score (nSPS) is 27.2. The summed E-state index contributed by atoms with van der Waals surface area (Å²) in [6.07, 6.45) is -0.231. The SMILES string of the molecule is NCC1c2ccccc2CC1F. The van der Waals surface area contributed by atoms with Crippen molar-refractivity contribution in [1.29, 1.82) is 0 Å². The Labute approximate surface area is 71.4 Å². The molecule has 64 valence electrons. The van der Waals surface area contributed by atoms with Crippen molar-refractivity contribution in [3.05, 3.63) is 35.4 Å². The van der Waals surface area contributed by atoms with Gasteiger partial charge in [-0.25, -0.2) is 4.39 Å². The van der Waals surface area contributed by atoms with E-state index in [4.69, 9.17) is 5.73 Å². The van der Waals surface area contributed by atoms with Crippen molar-refractivity contribution < 1.29 is 4.39 Å². The summed E-state index contributed by atoms with van der Waals surface area (Å²) in [6.45, 7) is 0.415. The van der Waals surface area contributed by atoms with Crippen molar-refractivity contribution in [3.8, 4) is 0 Å². The first-order chi connectivity index (χ1) is 5.83. The topological polar surface area (TPSA) is 26.0 Å². The van der Waals surface area contributed by atoms with Crippen LogP contribution in [0.3, 0.4) is 0 Å². The number of halogens is 1. The third-order valence-corrected chi connectivity index (χ3v) is 2.56. The lowest BCUT2D eigenvalue weighted by molar-refractivity contribution is 0.303. The molecule has 0 spiro atoms. The zero-order chi connectivity index (χ0) is 8.55. The van der Waals surface area contributed by atoms with Gasteiger partial charge in [-0.1, -0.05) is 24.3 Å². The van der Waals surface area contributed by atoms with E-state index in [2.05, 4.69) is 0 Å². The highest BCUT2D eigenvalue weighted by Gasteiger charge is 2.30. The Bertz CT molecular complexity index is 285. The molecule has 1 aliphatic rings. The van der Waals surface area contributed by atoms with Gasteiger partial charge in [-0.3, -0.25) is 0 Å².